The first-order valence-corrected chi connectivity index (χ1v) is 12.3. The largest absolute Gasteiger partial charge is 0.372 e. The Balaban J connectivity index is 1.82. The first-order chi connectivity index (χ1) is 14.2. The van der Waals surface area contributed by atoms with E-state index in [4.69, 9.17) is 0 Å². The molecule has 0 aromatic heterocycles. The Morgan fingerprint density at radius 2 is 1.70 bits per heavy atom. The number of benzene rings is 2. The molecule has 0 bridgehead atoms. The maximum Gasteiger partial charge on any atom is 0.248 e. The van der Waals surface area contributed by atoms with Crippen LogP contribution in [0.4, 0.5) is 17.1 Å². The fraction of sp³-hybridized carbons (Fsp3) is 0.435. The molecule has 2 aromatic rings. The van der Waals surface area contributed by atoms with Crippen molar-refractivity contribution in [1.29, 1.82) is 0 Å². The van der Waals surface area contributed by atoms with Crippen molar-refractivity contribution in [3.8, 4) is 0 Å². The smallest absolute Gasteiger partial charge is 0.248 e. The van der Waals surface area contributed by atoms with E-state index in [1.165, 1.54) is 17.1 Å². The van der Waals surface area contributed by atoms with Crippen molar-refractivity contribution >= 4 is 33.0 Å². The molecule has 30 heavy (non-hydrogen) atoms. The molecule has 1 N–H and O–H groups in total. The quantitative estimate of drug-likeness (QED) is 0.720. The molecule has 1 aliphatic heterocycles. The van der Waals surface area contributed by atoms with Crippen molar-refractivity contribution in [2.75, 3.05) is 33.9 Å². The van der Waals surface area contributed by atoms with Crippen LogP contribution in [0.1, 0.15) is 37.3 Å². The van der Waals surface area contributed by atoms with E-state index < -0.39 is 16.1 Å². The predicted molar refractivity (Wildman–Crippen MR) is 124 cm³/mol. The minimum atomic E-state index is -3.65. The van der Waals surface area contributed by atoms with Crippen molar-refractivity contribution in [3.05, 3.63) is 53.6 Å². The lowest BCUT2D eigenvalue weighted by Crippen LogP contribution is -2.47. The monoisotopic (exact) mass is 429 g/mol. The molecule has 7 heteroatoms. The predicted octanol–water partition coefficient (Wildman–Crippen LogP) is 4.09. The van der Waals surface area contributed by atoms with Gasteiger partial charge in [0.2, 0.25) is 15.9 Å². The van der Waals surface area contributed by atoms with E-state index in [0.717, 1.165) is 36.2 Å². The van der Waals surface area contributed by atoms with Crippen LogP contribution in [0.5, 0.6) is 0 Å². The Morgan fingerprint density at radius 1 is 1.07 bits per heavy atom. The molecule has 3 rings (SSSR count). The number of nitrogens with one attached hydrogen (secondary N) is 1. The molecule has 162 valence electrons. The topological polar surface area (TPSA) is 69.7 Å². The number of hydrogen-bond acceptors (Lipinski definition) is 4. The highest BCUT2D eigenvalue weighted by atomic mass is 32.2. The second kappa shape index (κ2) is 9.08. The number of sulfonamides is 1. The molecule has 6 nitrogen and oxygen atoms in total. The Bertz CT molecular complexity index is 997. The molecule has 1 heterocycles. The number of carbonyl (C=O) groups is 1. The fourth-order valence-electron chi connectivity index (χ4n) is 3.88. The van der Waals surface area contributed by atoms with Gasteiger partial charge in [0.25, 0.3) is 0 Å². The van der Waals surface area contributed by atoms with Crippen LogP contribution < -0.4 is 14.5 Å². The highest BCUT2D eigenvalue weighted by Crippen LogP contribution is 2.26. The third-order valence-electron chi connectivity index (χ3n) is 5.68. The molecule has 1 amide bonds. The number of carbonyl (C=O) groups excluding carboxylic acids is 1. The van der Waals surface area contributed by atoms with Crippen LogP contribution in [-0.2, 0) is 14.8 Å². The SMILES string of the molecule is CC[C@@H](C(=O)Nc1ccc(N2CCCC2)cc1)N(c1ccc(C)c(C)c1)S(C)(=O)=O. The van der Waals surface area contributed by atoms with Gasteiger partial charge in [0.05, 0.1) is 11.9 Å². The standard InChI is InChI=1S/C23H31N3O3S/c1-5-22(26(30(4,28)29)21-11-8-17(2)18(3)16-21)23(27)24-19-9-12-20(13-10-19)25-14-6-7-15-25/h8-13,16,22H,5-7,14-15H2,1-4H3,(H,24,27)/t22-/m0/s1. The molecule has 0 saturated carbocycles. The third kappa shape index (κ3) is 4.95. The second-order valence-corrected chi connectivity index (χ2v) is 9.84. The molecule has 0 radical (unpaired) electrons. The van der Waals surface area contributed by atoms with Gasteiger partial charge in [0, 0.05) is 24.5 Å². The molecule has 0 spiro atoms. The van der Waals surface area contributed by atoms with E-state index in [0.29, 0.717) is 17.8 Å². The number of rotatable bonds is 7. The van der Waals surface area contributed by atoms with Crippen LogP contribution in [0.3, 0.4) is 0 Å². The van der Waals surface area contributed by atoms with Crippen molar-refractivity contribution in [2.24, 2.45) is 0 Å². The summed E-state index contributed by atoms with van der Waals surface area (Å²) >= 11 is 0. The Hall–Kier alpha value is -2.54. The molecule has 1 fully saturated rings. The maximum absolute atomic E-state index is 13.1. The van der Waals surface area contributed by atoms with E-state index >= 15 is 0 Å². The zero-order valence-corrected chi connectivity index (χ0v) is 19.0. The summed E-state index contributed by atoms with van der Waals surface area (Å²) in [7, 11) is -3.65. The van der Waals surface area contributed by atoms with Crippen molar-refractivity contribution < 1.29 is 13.2 Å². The van der Waals surface area contributed by atoms with Gasteiger partial charge in [-0.15, -0.1) is 0 Å². The Morgan fingerprint density at radius 3 is 2.23 bits per heavy atom. The van der Waals surface area contributed by atoms with Gasteiger partial charge >= 0.3 is 0 Å². The minimum Gasteiger partial charge on any atom is -0.372 e. The zero-order valence-electron chi connectivity index (χ0n) is 18.2. The summed E-state index contributed by atoms with van der Waals surface area (Å²) in [5.74, 6) is -0.338. The van der Waals surface area contributed by atoms with Gasteiger partial charge in [-0.3, -0.25) is 9.10 Å². The summed E-state index contributed by atoms with van der Waals surface area (Å²) in [6.45, 7) is 7.84. The van der Waals surface area contributed by atoms with E-state index in [-0.39, 0.29) is 5.91 Å². The first kappa shape index (κ1) is 22.2. The molecular weight excluding hydrogens is 398 g/mol. The van der Waals surface area contributed by atoms with Gasteiger partial charge in [-0.1, -0.05) is 13.0 Å². The molecule has 2 aromatic carbocycles. The fourth-order valence-corrected chi connectivity index (χ4v) is 5.08. The Labute approximate surface area is 179 Å². The lowest BCUT2D eigenvalue weighted by molar-refractivity contribution is -0.117. The average molecular weight is 430 g/mol. The van der Waals surface area contributed by atoms with Gasteiger partial charge in [0.15, 0.2) is 0 Å². The summed E-state index contributed by atoms with van der Waals surface area (Å²) in [5.41, 5.74) is 4.36. The number of anilines is 3. The van der Waals surface area contributed by atoms with Crippen molar-refractivity contribution in [1.82, 2.24) is 0 Å². The summed E-state index contributed by atoms with van der Waals surface area (Å²) in [4.78, 5) is 15.4. The van der Waals surface area contributed by atoms with Gasteiger partial charge in [0.1, 0.15) is 6.04 Å². The van der Waals surface area contributed by atoms with E-state index in [2.05, 4.69) is 10.2 Å². The second-order valence-electron chi connectivity index (χ2n) is 7.98. The molecule has 0 unspecified atom stereocenters. The van der Waals surface area contributed by atoms with E-state index in [9.17, 15) is 13.2 Å². The molecule has 0 aliphatic carbocycles. The lowest BCUT2D eigenvalue weighted by Gasteiger charge is -2.30. The van der Waals surface area contributed by atoms with Gasteiger partial charge in [-0.25, -0.2) is 8.42 Å². The third-order valence-corrected chi connectivity index (χ3v) is 6.86. The lowest BCUT2D eigenvalue weighted by atomic mass is 10.1. The van der Waals surface area contributed by atoms with Crippen LogP contribution >= 0.6 is 0 Å². The number of nitrogens with zero attached hydrogens (tertiary/aromatic N) is 2. The van der Waals surface area contributed by atoms with Crippen LogP contribution in [0.15, 0.2) is 42.5 Å². The van der Waals surface area contributed by atoms with Gasteiger partial charge in [-0.05, 0) is 80.6 Å². The molecule has 1 saturated heterocycles. The summed E-state index contributed by atoms with van der Waals surface area (Å²) in [5, 5.41) is 2.90. The molecule has 1 aliphatic rings. The summed E-state index contributed by atoms with van der Waals surface area (Å²) in [6, 6.07) is 12.4. The summed E-state index contributed by atoms with van der Waals surface area (Å²) < 4.78 is 26.5. The van der Waals surface area contributed by atoms with Crippen LogP contribution in [0, 0.1) is 13.8 Å². The number of amides is 1. The van der Waals surface area contributed by atoms with Crippen molar-refractivity contribution in [2.45, 2.75) is 46.1 Å². The van der Waals surface area contributed by atoms with E-state index in [1.807, 2.05) is 57.2 Å². The normalized spacial score (nSPS) is 15.1. The zero-order chi connectivity index (χ0) is 21.9. The maximum atomic E-state index is 13.1. The number of aryl methyl sites for hydroxylation is 2. The van der Waals surface area contributed by atoms with E-state index in [1.54, 1.807) is 6.07 Å². The number of hydrogen-bond donors (Lipinski definition) is 1. The first-order valence-electron chi connectivity index (χ1n) is 10.4. The summed E-state index contributed by atoms with van der Waals surface area (Å²) in [6.07, 6.45) is 3.91. The highest BCUT2D eigenvalue weighted by molar-refractivity contribution is 7.92. The van der Waals surface area contributed by atoms with Gasteiger partial charge in [-0.2, -0.15) is 0 Å². The molecular formula is C23H31N3O3S. The van der Waals surface area contributed by atoms with Crippen molar-refractivity contribution in [3.63, 3.8) is 0 Å². The highest BCUT2D eigenvalue weighted by Gasteiger charge is 2.31. The minimum absolute atomic E-state index is 0.338. The molecule has 1 atom stereocenters. The average Bonchev–Trinajstić information content (AvgIpc) is 3.22. The van der Waals surface area contributed by atoms with Crippen LogP contribution in [0.25, 0.3) is 0 Å². The Kier molecular flexibility index (Phi) is 6.71. The van der Waals surface area contributed by atoms with Crippen LogP contribution in [-0.4, -0.2) is 39.7 Å². The van der Waals surface area contributed by atoms with Gasteiger partial charge < -0.3 is 10.2 Å². The van der Waals surface area contributed by atoms with Crippen LogP contribution in [0.2, 0.25) is 0 Å².